The third kappa shape index (κ3) is 4.71. The van der Waals surface area contributed by atoms with Crippen LogP contribution in [0.3, 0.4) is 0 Å². The molecule has 1 atom stereocenters. The van der Waals surface area contributed by atoms with Crippen molar-refractivity contribution in [2.24, 2.45) is 0 Å². The minimum atomic E-state index is -0.793. The van der Waals surface area contributed by atoms with E-state index in [1.54, 1.807) is 0 Å². The molecule has 0 radical (unpaired) electrons. The number of β-amino-alcohol motifs (C(OH)–C–C–N with tert-alkyl or cyclic N) is 1. The van der Waals surface area contributed by atoms with Gasteiger partial charge in [0, 0.05) is 12.1 Å². The fourth-order valence-electron chi connectivity index (χ4n) is 1.57. The summed E-state index contributed by atoms with van der Waals surface area (Å²) in [5, 5.41) is 31.2. The first kappa shape index (κ1) is 18.2. The number of benzene rings is 1. The average molecular weight is 295 g/mol. The van der Waals surface area contributed by atoms with Crippen LogP contribution in [0.15, 0.2) is 12.1 Å². The van der Waals surface area contributed by atoms with Crippen molar-refractivity contribution < 1.29 is 5.11 Å². The lowest BCUT2D eigenvalue weighted by Crippen LogP contribution is -2.38. The van der Waals surface area contributed by atoms with Crippen molar-refractivity contribution in [3.05, 3.63) is 28.8 Å². The molecular formula is C14H19ClN4O. The third-order valence-electron chi connectivity index (χ3n) is 2.65. The molecule has 1 unspecified atom stereocenters. The number of nitrogens with zero attached hydrogens (tertiary/aromatic N) is 2. The van der Waals surface area contributed by atoms with Gasteiger partial charge in [-0.05, 0) is 38.5 Å². The molecule has 1 aromatic rings. The zero-order chi connectivity index (χ0) is 14.6. The van der Waals surface area contributed by atoms with Crippen LogP contribution in [0.5, 0.6) is 0 Å². The molecule has 0 aliphatic rings. The fourth-order valence-corrected chi connectivity index (χ4v) is 1.57. The van der Waals surface area contributed by atoms with Gasteiger partial charge in [0.15, 0.2) is 0 Å². The van der Waals surface area contributed by atoms with Crippen LogP contribution in [-0.4, -0.2) is 17.2 Å². The zero-order valence-electron chi connectivity index (χ0n) is 11.8. The van der Waals surface area contributed by atoms with E-state index in [-0.39, 0.29) is 34.8 Å². The number of anilines is 1. The summed E-state index contributed by atoms with van der Waals surface area (Å²) in [5.74, 6) is 0. The Morgan fingerprint density at radius 3 is 2.05 bits per heavy atom. The Bertz CT molecular complexity index is 517. The number of nitrogen functional groups attached to an aromatic ring is 1. The van der Waals surface area contributed by atoms with Gasteiger partial charge in [-0.25, -0.2) is 0 Å². The van der Waals surface area contributed by atoms with Gasteiger partial charge in [-0.2, -0.15) is 10.5 Å². The van der Waals surface area contributed by atoms with Crippen LogP contribution in [0.1, 0.15) is 43.6 Å². The number of halogens is 1. The van der Waals surface area contributed by atoms with E-state index >= 15 is 0 Å². The summed E-state index contributed by atoms with van der Waals surface area (Å²) in [7, 11) is 0. The second-order valence-electron chi connectivity index (χ2n) is 5.40. The summed E-state index contributed by atoms with van der Waals surface area (Å²) in [6.07, 6.45) is -0.793. The van der Waals surface area contributed by atoms with Crippen LogP contribution < -0.4 is 11.1 Å². The second kappa shape index (κ2) is 7.12. The van der Waals surface area contributed by atoms with Crippen LogP contribution >= 0.6 is 12.4 Å². The van der Waals surface area contributed by atoms with Crippen LogP contribution in [0, 0.1) is 22.7 Å². The third-order valence-corrected chi connectivity index (χ3v) is 2.65. The first-order valence-electron chi connectivity index (χ1n) is 5.95. The van der Waals surface area contributed by atoms with Gasteiger partial charge in [0.25, 0.3) is 0 Å². The van der Waals surface area contributed by atoms with E-state index in [0.717, 1.165) is 0 Å². The molecule has 1 aromatic carbocycles. The number of hydrogen-bond acceptors (Lipinski definition) is 5. The van der Waals surface area contributed by atoms with Crippen molar-refractivity contribution in [1.29, 1.82) is 10.5 Å². The molecule has 6 heteroatoms. The molecule has 0 heterocycles. The molecule has 0 saturated carbocycles. The summed E-state index contributed by atoms with van der Waals surface area (Å²) in [4.78, 5) is 0. The Morgan fingerprint density at radius 2 is 1.70 bits per heavy atom. The lowest BCUT2D eigenvalue weighted by Gasteiger charge is -2.23. The van der Waals surface area contributed by atoms with Crippen LogP contribution in [0.25, 0.3) is 0 Å². The van der Waals surface area contributed by atoms with Gasteiger partial charge in [-0.1, -0.05) is 0 Å². The first-order valence-corrected chi connectivity index (χ1v) is 5.95. The molecule has 0 aliphatic carbocycles. The number of aliphatic hydroxyl groups is 1. The van der Waals surface area contributed by atoms with E-state index in [2.05, 4.69) is 5.32 Å². The van der Waals surface area contributed by atoms with E-state index in [1.165, 1.54) is 12.1 Å². The largest absolute Gasteiger partial charge is 0.397 e. The van der Waals surface area contributed by atoms with E-state index in [0.29, 0.717) is 12.1 Å². The standard InChI is InChI=1S/C14H18N4O.ClH/c1-14(2,3)18-8-12(19)9-4-10(6-15)13(17)11(5-9)7-16;/h4-5,12,18-19H,8,17H2,1-3H3;1H. The normalized spacial score (nSPS) is 11.9. The molecule has 20 heavy (non-hydrogen) atoms. The lowest BCUT2D eigenvalue weighted by atomic mass is 10.00. The molecule has 108 valence electrons. The van der Waals surface area contributed by atoms with Crippen LogP contribution in [-0.2, 0) is 0 Å². The Kier molecular flexibility index (Phi) is 6.48. The Hall–Kier alpha value is -1.79. The van der Waals surface area contributed by atoms with Gasteiger partial charge in [0.1, 0.15) is 12.1 Å². The number of nitrogens with two attached hydrogens (primary N) is 1. The summed E-state index contributed by atoms with van der Waals surface area (Å²) >= 11 is 0. The molecule has 4 N–H and O–H groups in total. The summed E-state index contributed by atoms with van der Waals surface area (Å²) < 4.78 is 0. The van der Waals surface area contributed by atoms with E-state index in [4.69, 9.17) is 16.3 Å². The number of aliphatic hydroxyl groups excluding tert-OH is 1. The quantitative estimate of drug-likeness (QED) is 0.738. The Morgan fingerprint density at radius 1 is 1.25 bits per heavy atom. The van der Waals surface area contributed by atoms with Gasteiger partial charge in [-0.15, -0.1) is 12.4 Å². The van der Waals surface area contributed by atoms with Crippen molar-refractivity contribution in [2.75, 3.05) is 12.3 Å². The van der Waals surface area contributed by atoms with Gasteiger partial charge >= 0.3 is 0 Å². The minimum absolute atomic E-state index is 0. The smallest absolute Gasteiger partial charge is 0.101 e. The summed E-state index contributed by atoms with van der Waals surface area (Å²) in [5.41, 5.74) is 6.65. The molecule has 1 rings (SSSR count). The number of rotatable bonds is 3. The van der Waals surface area contributed by atoms with Gasteiger partial charge in [0.2, 0.25) is 0 Å². The highest BCUT2D eigenvalue weighted by Crippen LogP contribution is 2.23. The lowest BCUT2D eigenvalue weighted by molar-refractivity contribution is 0.163. The average Bonchev–Trinajstić information content (AvgIpc) is 2.35. The first-order chi connectivity index (χ1) is 8.78. The van der Waals surface area contributed by atoms with Crippen molar-refractivity contribution in [3.8, 4) is 12.1 Å². The topological polar surface area (TPSA) is 106 Å². The van der Waals surface area contributed by atoms with E-state index in [1.807, 2.05) is 32.9 Å². The van der Waals surface area contributed by atoms with E-state index < -0.39 is 6.10 Å². The van der Waals surface area contributed by atoms with Crippen LogP contribution in [0.2, 0.25) is 0 Å². The highest BCUT2D eigenvalue weighted by atomic mass is 35.5. The predicted molar refractivity (Wildman–Crippen MR) is 80.2 cm³/mol. The highest BCUT2D eigenvalue weighted by Gasteiger charge is 2.16. The van der Waals surface area contributed by atoms with Crippen molar-refractivity contribution >= 4 is 18.1 Å². The molecular weight excluding hydrogens is 276 g/mol. The SMILES string of the molecule is CC(C)(C)NCC(O)c1cc(C#N)c(N)c(C#N)c1.Cl. The maximum absolute atomic E-state index is 10.1. The second-order valence-corrected chi connectivity index (χ2v) is 5.40. The monoisotopic (exact) mass is 294 g/mol. The molecule has 0 saturated heterocycles. The van der Waals surface area contributed by atoms with Crippen molar-refractivity contribution in [2.45, 2.75) is 32.4 Å². The van der Waals surface area contributed by atoms with Crippen molar-refractivity contribution in [3.63, 3.8) is 0 Å². The maximum Gasteiger partial charge on any atom is 0.101 e. The van der Waals surface area contributed by atoms with Gasteiger partial charge in [0.05, 0.1) is 22.9 Å². The highest BCUT2D eigenvalue weighted by molar-refractivity contribution is 5.85. The van der Waals surface area contributed by atoms with Crippen molar-refractivity contribution in [1.82, 2.24) is 5.32 Å². The molecule has 5 nitrogen and oxygen atoms in total. The predicted octanol–water partition coefficient (Wildman–Crippen LogP) is 1.86. The summed E-state index contributed by atoms with van der Waals surface area (Å²) in [6, 6.07) is 6.90. The fraction of sp³-hybridized carbons (Fsp3) is 0.429. The van der Waals surface area contributed by atoms with Gasteiger partial charge in [-0.3, -0.25) is 0 Å². The zero-order valence-corrected chi connectivity index (χ0v) is 12.6. The Balaban J connectivity index is 0.00000361. The Labute approximate surface area is 125 Å². The molecule has 0 spiro atoms. The number of nitrogens with one attached hydrogen (secondary N) is 1. The van der Waals surface area contributed by atoms with Gasteiger partial charge < -0.3 is 16.2 Å². The number of hydrogen-bond donors (Lipinski definition) is 3. The molecule has 0 bridgehead atoms. The summed E-state index contributed by atoms with van der Waals surface area (Å²) in [6.45, 7) is 6.31. The number of nitriles is 2. The van der Waals surface area contributed by atoms with Crippen LogP contribution in [0.4, 0.5) is 5.69 Å². The molecule has 0 aliphatic heterocycles. The minimum Gasteiger partial charge on any atom is -0.397 e. The maximum atomic E-state index is 10.1. The molecule has 0 aromatic heterocycles. The molecule has 0 amide bonds. The van der Waals surface area contributed by atoms with E-state index in [9.17, 15) is 5.11 Å². The molecule has 0 fully saturated rings.